The number of hydrogen-bond donors (Lipinski definition) is 1. The van der Waals surface area contributed by atoms with E-state index in [9.17, 15) is 0 Å². The van der Waals surface area contributed by atoms with Crippen LogP contribution in [0.5, 0.6) is 17.2 Å². The van der Waals surface area contributed by atoms with E-state index in [2.05, 4.69) is 24.0 Å². The van der Waals surface area contributed by atoms with Gasteiger partial charge < -0.3 is 23.0 Å². The van der Waals surface area contributed by atoms with Crippen molar-refractivity contribution >= 4 is 50.8 Å². The molecule has 6 rings (SSSR count). The number of benzene rings is 2. The highest BCUT2D eigenvalue weighted by atomic mass is 32.1. The van der Waals surface area contributed by atoms with Gasteiger partial charge in [0.1, 0.15) is 28.4 Å². The Balaban J connectivity index is 1.78. The van der Waals surface area contributed by atoms with Crippen LogP contribution in [0.25, 0.3) is 49.8 Å². The Morgan fingerprint density at radius 3 is 2.43 bits per heavy atom. The number of furan rings is 2. The highest BCUT2D eigenvalue weighted by molar-refractivity contribution is 7.71. The summed E-state index contributed by atoms with van der Waals surface area (Å²) in [4.78, 5) is 0. The second kappa shape index (κ2) is 7.74. The zero-order valence-corrected chi connectivity index (χ0v) is 20.6. The molecule has 178 valence electrons. The summed E-state index contributed by atoms with van der Waals surface area (Å²) in [5, 5.41) is 14.5. The largest absolute Gasteiger partial charge is 0.495 e. The maximum atomic E-state index is 6.30. The van der Waals surface area contributed by atoms with Crippen LogP contribution in [0.3, 0.4) is 0 Å². The summed E-state index contributed by atoms with van der Waals surface area (Å²) < 4.78 is 31.2. The molecule has 0 aliphatic carbocycles. The van der Waals surface area contributed by atoms with E-state index in [4.69, 9.17) is 40.4 Å². The number of hydrogen-bond acceptors (Lipinski definition) is 8. The molecule has 0 saturated carbocycles. The summed E-state index contributed by atoms with van der Waals surface area (Å²) in [6, 6.07) is 9.55. The summed E-state index contributed by atoms with van der Waals surface area (Å²) in [5.41, 5.74) is 3.76. The normalized spacial score (nSPS) is 11.9. The molecule has 0 bridgehead atoms. The molecule has 0 unspecified atom stereocenters. The lowest BCUT2D eigenvalue weighted by atomic mass is 10.0. The molecule has 0 saturated heterocycles. The van der Waals surface area contributed by atoms with Gasteiger partial charge >= 0.3 is 0 Å². The number of ether oxygens (including phenoxy) is 3. The van der Waals surface area contributed by atoms with Crippen LogP contribution in [-0.2, 0) is 0 Å². The molecular weight excluding hydrogens is 468 g/mol. The SMILES string of the molecule is COc1cc2oc3c(c(-c4ccc5oc(C(C)C)cc5c4OC)nn4c(=S)[nH]nc34)c2cc1OC. The molecule has 4 heterocycles. The Kier molecular flexibility index (Phi) is 4.75. The van der Waals surface area contributed by atoms with E-state index in [1.807, 2.05) is 24.3 Å². The molecular formula is C25H22N4O5S. The third-order valence-corrected chi connectivity index (χ3v) is 6.45. The van der Waals surface area contributed by atoms with Gasteiger partial charge in [-0.3, -0.25) is 0 Å². The number of nitrogens with zero attached hydrogens (tertiary/aromatic N) is 3. The van der Waals surface area contributed by atoms with Gasteiger partial charge in [0.15, 0.2) is 17.1 Å². The molecule has 4 aromatic heterocycles. The van der Waals surface area contributed by atoms with Crippen molar-refractivity contribution in [3.63, 3.8) is 0 Å². The molecule has 35 heavy (non-hydrogen) atoms. The van der Waals surface area contributed by atoms with E-state index in [1.165, 1.54) is 0 Å². The molecule has 0 aliphatic rings. The second-order valence-electron chi connectivity index (χ2n) is 8.48. The first-order valence-corrected chi connectivity index (χ1v) is 11.4. The molecule has 0 aliphatic heterocycles. The third kappa shape index (κ3) is 3.02. The number of rotatable bonds is 5. The summed E-state index contributed by atoms with van der Waals surface area (Å²) in [7, 11) is 4.82. The molecule has 9 nitrogen and oxygen atoms in total. The van der Waals surface area contributed by atoms with Gasteiger partial charge in [-0.25, -0.2) is 5.10 Å². The number of fused-ring (bicyclic) bond motifs is 6. The molecule has 0 atom stereocenters. The Labute approximate surface area is 204 Å². The van der Waals surface area contributed by atoms with E-state index >= 15 is 0 Å². The van der Waals surface area contributed by atoms with Crippen molar-refractivity contribution in [1.29, 1.82) is 0 Å². The second-order valence-corrected chi connectivity index (χ2v) is 8.87. The van der Waals surface area contributed by atoms with Crippen LogP contribution >= 0.6 is 12.2 Å². The fourth-order valence-corrected chi connectivity index (χ4v) is 4.66. The zero-order valence-electron chi connectivity index (χ0n) is 19.8. The van der Waals surface area contributed by atoms with Gasteiger partial charge in [0.25, 0.3) is 0 Å². The van der Waals surface area contributed by atoms with Gasteiger partial charge in [-0.15, -0.1) is 5.10 Å². The Morgan fingerprint density at radius 1 is 0.943 bits per heavy atom. The highest BCUT2D eigenvalue weighted by Crippen LogP contribution is 2.45. The van der Waals surface area contributed by atoms with E-state index in [-0.39, 0.29) is 5.92 Å². The van der Waals surface area contributed by atoms with Crippen LogP contribution in [0.1, 0.15) is 25.5 Å². The van der Waals surface area contributed by atoms with E-state index in [0.717, 1.165) is 33.1 Å². The van der Waals surface area contributed by atoms with Crippen LogP contribution in [-0.4, -0.2) is 41.1 Å². The molecule has 0 spiro atoms. The first-order valence-electron chi connectivity index (χ1n) is 11.0. The molecule has 6 aromatic rings. The quantitative estimate of drug-likeness (QED) is 0.283. The third-order valence-electron chi connectivity index (χ3n) is 6.18. The summed E-state index contributed by atoms with van der Waals surface area (Å²) >= 11 is 5.44. The number of aromatic nitrogens is 4. The smallest absolute Gasteiger partial charge is 0.219 e. The summed E-state index contributed by atoms with van der Waals surface area (Å²) in [6.45, 7) is 4.17. The van der Waals surface area contributed by atoms with Gasteiger partial charge in [0.2, 0.25) is 10.4 Å². The fraction of sp³-hybridized carbons (Fsp3) is 0.240. The van der Waals surface area contributed by atoms with E-state index < -0.39 is 0 Å². The molecule has 10 heteroatoms. The zero-order chi connectivity index (χ0) is 24.4. The van der Waals surface area contributed by atoms with Crippen LogP contribution in [0.2, 0.25) is 0 Å². The molecule has 1 N–H and O–H groups in total. The molecule has 2 aromatic carbocycles. The maximum absolute atomic E-state index is 6.30. The predicted octanol–water partition coefficient (Wildman–Crippen LogP) is 6.25. The lowest BCUT2D eigenvalue weighted by Crippen LogP contribution is -1.98. The van der Waals surface area contributed by atoms with Crippen molar-refractivity contribution in [2.24, 2.45) is 0 Å². The Hall–Kier alpha value is -4.05. The van der Waals surface area contributed by atoms with Crippen molar-refractivity contribution in [1.82, 2.24) is 19.8 Å². The molecule has 0 radical (unpaired) electrons. The Morgan fingerprint density at radius 2 is 1.71 bits per heavy atom. The van der Waals surface area contributed by atoms with Gasteiger partial charge in [-0.05, 0) is 36.5 Å². The average molecular weight is 491 g/mol. The summed E-state index contributed by atoms with van der Waals surface area (Å²) in [5.74, 6) is 2.90. The molecule has 0 fully saturated rings. The van der Waals surface area contributed by atoms with E-state index in [0.29, 0.717) is 44.5 Å². The van der Waals surface area contributed by atoms with Crippen LogP contribution in [0, 0.1) is 4.77 Å². The van der Waals surface area contributed by atoms with Gasteiger partial charge in [-0.2, -0.15) is 9.61 Å². The van der Waals surface area contributed by atoms with Crippen molar-refractivity contribution < 1.29 is 23.0 Å². The molecule has 0 amide bonds. The predicted molar refractivity (Wildman–Crippen MR) is 134 cm³/mol. The number of aromatic amines is 1. The van der Waals surface area contributed by atoms with Crippen molar-refractivity contribution in [3.05, 3.63) is 40.9 Å². The fourth-order valence-electron chi connectivity index (χ4n) is 4.48. The van der Waals surface area contributed by atoms with Crippen LogP contribution < -0.4 is 14.2 Å². The maximum Gasteiger partial charge on any atom is 0.219 e. The minimum atomic E-state index is 0.237. The first kappa shape index (κ1) is 21.5. The van der Waals surface area contributed by atoms with Crippen molar-refractivity contribution in [2.45, 2.75) is 19.8 Å². The van der Waals surface area contributed by atoms with Crippen LogP contribution in [0.4, 0.5) is 0 Å². The van der Waals surface area contributed by atoms with Gasteiger partial charge in [0.05, 0.1) is 32.1 Å². The first-order chi connectivity index (χ1) is 16.9. The van der Waals surface area contributed by atoms with Crippen molar-refractivity contribution in [3.8, 4) is 28.5 Å². The topological polar surface area (TPSA) is 100.0 Å². The summed E-state index contributed by atoms with van der Waals surface area (Å²) in [6.07, 6.45) is 0. The van der Waals surface area contributed by atoms with E-state index in [1.54, 1.807) is 31.9 Å². The van der Waals surface area contributed by atoms with Crippen LogP contribution in [0.15, 0.2) is 39.2 Å². The highest BCUT2D eigenvalue weighted by Gasteiger charge is 2.25. The van der Waals surface area contributed by atoms with Gasteiger partial charge in [0, 0.05) is 22.9 Å². The number of methoxy groups -OCH3 is 3. The average Bonchev–Trinajstić information content (AvgIpc) is 3.56. The lowest BCUT2D eigenvalue weighted by molar-refractivity contribution is 0.355. The van der Waals surface area contributed by atoms with Gasteiger partial charge in [-0.1, -0.05) is 13.8 Å². The monoisotopic (exact) mass is 490 g/mol. The Bertz CT molecular complexity index is 1830. The minimum absolute atomic E-state index is 0.237. The number of H-pyrrole nitrogens is 1. The lowest BCUT2D eigenvalue weighted by Gasteiger charge is -2.11. The van der Waals surface area contributed by atoms with Crippen molar-refractivity contribution in [2.75, 3.05) is 21.3 Å². The minimum Gasteiger partial charge on any atom is -0.495 e. The standard InChI is InChI=1S/C25H22N4O5S/c1-11(2)16-9-14-15(33-16)7-6-12(22(14)32-5)21-20-13-8-18(30-3)19(31-4)10-17(13)34-23(20)24-26-27-25(35)29(24)28-21/h6-11H,1-5H3,(H,27,35). The number of nitrogens with one attached hydrogen (secondary N) is 1.